The minimum atomic E-state index is -0.0188. The molecule has 0 saturated heterocycles. The summed E-state index contributed by atoms with van der Waals surface area (Å²) in [5.74, 6) is 0.350. The standard InChI is InChI=1S/C14H26ClNO2/c1-14(2)8-5-4-6-12(14)13(17)16-9-7-11(15)10-18-3/h11-12H,4-10H2,1-3H3,(H,16,17). The van der Waals surface area contributed by atoms with Gasteiger partial charge in [-0.2, -0.15) is 0 Å². The summed E-state index contributed by atoms with van der Waals surface area (Å²) in [6.07, 6.45) is 5.33. The molecular weight excluding hydrogens is 250 g/mol. The Kier molecular flexibility index (Phi) is 6.44. The summed E-state index contributed by atoms with van der Waals surface area (Å²) >= 11 is 6.03. The van der Waals surface area contributed by atoms with Gasteiger partial charge < -0.3 is 10.1 Å². The van der Waals surface area contributed by atoms with Gasteiger partial charge in [-0.3, -0.25) is 4.79 Å². The van der Waals surface area contributed by atoms with Crippen molar-refractivity contribution < 1.29 is 9.53 Å². The quantitative estimate of drug-likeness (QED) is 0.757. The second-order valence-electron chi connectivity index (χ2n) is 5.92. The number of alkyl halides is 1. The highest BCUT2D eigenvalue weighted by molar-refractivity contribution is 6.20. The number of hydrogen-bond acceptors (Lipinski definition) is 2. The highest BCUT2D eigenvalue weighted by Crippen LogP contribution is 2.40. The van der Waals surface area contributed by atoms with Crippen molar-refractivity contribution in [3.63, 3.8) is 0 Å². The fraction of sp³-hybridized carbons (Fsp3) is 0.929. The molecule has 106 valence electrons. The Morgan fingerprint density at radius 2 is 2.22 bits per heavy atom. The van der Waals surface area contributed by atoms with Crippen LogP contribution in [0.5, 0.6) is 0 Å². The fourth-order valence-electron chi connectivity index (χ4n) is 2.72. The Morgan fingerprint density at radius 1 is 1.50 bits per heavy atom. The first-order chi connectivity index (χ1) is 8.47. The lowest BCUT2D eigenvalue weighted by Crippen LogP contribution is -2.41. The summed E-state index contributed by atoms with van der Waals surface area (Å²) in [4.78, 5) is 12.2. The van der Waals surface area contributed by atoms with E-state index >= 15 is 0 Å². The SMILES string of the molecule is COCC(Cl)CCNC(=O)C1CCCCC1(C)C. The van der Waals surface area contributed by atoms with Crippen molar-refractivity contribution in [3.05, 3.63) is 0 Å². The van der Waals surface area contributed by atoms with Gasteiger partial charge in [-0.25, -0.2) is 0 Å². The number of methoxy groups -OCH3 is 1. The van der Waals surface area contributed by atoms with E-state index in [1.54, 1.807) is 7.11 Å². The molecule has 1 fully saturated rings. The van der Waals surface area contributed by atoms with Gasteiger partial charge in [-0.15, -0.1) is 11.6 Å². The van der Waals surface area contributed by atoms with E-state index in [0.29, 0.717) is 13.2 Å². The molecular formula is C14H26ClNO2. The van der Waals surface area contributed by atoms with E-state index in [0.717, 1.165) is 19.3 Å². The van der Waals surface area contributed by atoms with E-state index in [1.165, 1.54) is 12.8 Å². The van der Waals surface area contributed by atoms with Crippen molar-refractivity contribution in [2.75, 3.05) is 20.3 Å². The van der Waals surface area contributed by atoms with Gasteiger partial charge in [0.15, 0.2) is 0 Å². The highest BCUT2D eigenvalue weighted by Gasteiger charge is 2.36. The largest absolute Gasteiger partial charge is 0.383 e. The number of carbonyl (C=O) groups excluding carboxylic acids is 1. The Hall–Kier alpha value is -0.280. The minimum absolute atomic E-state index is 0.0188. The van der Waals surface area contributed by atoms with Crippen LogP contribution in [0.4, 0.5) is 0 Å². The molecule has 2 atom stereocenters. The first-order valence-corrected chi connectivity index (χ1v) is 7.31. The molecule has 0 aromatic heterocycles. The maximum absolute atomic E-state index is 12.2. The Bertz CT molecular complexity index is 269. The smallest absolute Gasteiger partial charge is 0.223 e. The fourth-order valence-corrected chi connectivity index (χ4v) is 2.95. The van der Waals surface area contributed by atoms with Crippen LogP contribution in [0.1, 0.15) is 46.0 Å². The molecule has 0 heterocycles. The number of rotatable bonds is 6. The number of carbonyl (C=O) groups is 1. The monoisotopic (exact) mass is 275 g/mol. The van der Waals surface area contributed by atoms with Gasteiger partial charge in [0.05, 0.1) is 12.0 Å². The van der Waals surface area contributed by atoms with Gasteiger partial charge in [-0.05, 0) is 24.7 Å². The van der Waals surface area contributed by atoms with E-state index < -0.39 is 0 Å². The molecule has 0 aromatic rings. The molecule has 1 saturated carbocycles. The topological polar surface area (TPSA) is 38.3 Å². The molecule has 0 spiro atoms. The average molecular weight is 276 g/mol. The lowest BCUT2D eigenvalue weighted by Gasteiger charge is -2.37. The van der Waals surface area contributed by atoms with Crippen molar-refractivity contribution in [1.82, 2.24) is 5.32 Å². The second kappa shape index (κ2) is 7.34. The average Bonchev–Trinajstić information content (AvgIpc) is 2.28. The predicted molar refractivity (Wildman–Crippen MR) is 74.9 cm³/mol. The molecule has 1 aliphatic carbocycles. The summed E-state index contributed by atoms with van der Waals surface area (Å²) < 4.78 is 4.97. The van der Waals surface area contributed by atoms with Crippen molar-refractivity contribution in [2.24, 2.45) is 11.3 Å². The van der Waals surface area contributed by atoms with E-state index in [1.807, 2.05) is 0 Å². The molecule has 1 N–H and O–H groups in total. The summed E-state index contributed by atoms with van der Waals surface area (Å²) in [6, 6.07) is 0. The zero-order chi connectivity index (χ0) is 13.6. The molecule has 0 aliphatic heterocycles. The van der Waals surface area contributed by atoms with Crippen LogP contribution in [0.2, 0.25) is 0 Å². The molecule has 1 amide bonds. The molecule has 1 aliphatic rings. The van der Waals surface area contributed by atoms with Crippen LogP contribution in [-0.2, 0) is 9.53 Å². The predicted octanol–water partition coefficient (Wildman–Crippen LogP) is 2.96. The summed E-state index contributed by atoms with van der Waals surface area (Å²) in [6.45, 7) is 5.58. The molecule has 4 heteroatoms. The van der Waals surface area contributed by atoms with Crippen LogP contribution < -0.4 is 5.32 Å². The van der Waals surface area contributed by atoms with Crippen LogP contribution in [0.25, 0.3) is 0 Å². The van der Waals surface area contributed by atoms with Gasteiger partial charge in [0.1, 0.15) is 0 Å². The highest BCUT2D eigenvalue weighted by atomic mass is 35.5. The van der Waals surface area contributed by atoms with Crippen LogP contribution in [0, 0.1) is 11.3 Å². The third-order valence-corrected chi connectivity index (χ3v) is 4.27. The third-order valence-electron chi connectivity index (χ3n) is 3.93. The number of halogens is 1. The minimum Gasteiger partial charge on any atom is -0.383 e. The molecule has 1 rings (SSSR count). The molecule has 2 unspecified atom stereocenters. The maximum atomic E-state index is 12.2. The van der Waals surface area contributed by atoms with Gasteiger partial charge in [0, 0.05) is 19.6 Å². The Balaban J connectivity index is 2.31. The van der Waals surface area contributed by atoms with Crippen LogP contribution >= 0.6 is 11.6 Å². The molecule has 18 heavy (non-hydrogen) atoms. The number of hydrogen-bond donors (Lipinski definition) is 1. The molecule has 0 radical (unpaired) electrons. The molecule has 3 nitrogen and oxygen atoms in total. The van der Waals surface area contributed by atoms with E-state index in [2.05, 4.69) is 19.2 Å². The summed E-state index contributed by atoms with van der Waals surface area (Å²) in [5.41, 5.74) is 0.134. The van der Waals surface area contributed by atoms with Gasteiger partial charge in [0.25, 0.3) is 0 Å². The Labute approximate surface area is 116 Å². The number of nitrogens with one attached hydrogen (secondary N) is 1. The van der Waals surface area contributed by atoms with Gasteiger partial charge in [-0.1, -0.05) is 26.7 Å². The van der Waals surface area contributed by atoms with Crippen LogP contribution in [0.3, 0.4) is 0 Å². The van der Waals surface area contributed by atoms with Crippen molar-refractivity contribution in [1.29, 1.82) is 0 Å². The van der Waals surface area contributed by atoms with Gasteiger partial charge in [0.2, 0.25) is 5.91 Å². The lowest BCUT2D eigenvalue weighted by molar-refractivity contribution is -0.130. The van der Waals surface area contributed by atoms with E-state index in [9.17, 15) is 4.79 Å². The van der Waals surface area contributed by atoms with E-state index in [-0.39, 0.29) is 22.6 Å². The summed E-state index contributed by atoms with van der Waals surface area (Å²) in [7, 11) is 1.64. The summed E-state index contributed by atoms with van der Waals surface area (Å²) in [5, 5.41) is 3.00. The first-order valence-electron chi connectivity index (χ1n) is 6.88. The number of amides is 1. The van der Waals surface area contributed by atoms with Crippen molar-refractivity contribution in [3.8, 4) is 0 Å². The van der Waals surface area contributed by atoms with Crippen molar-refractivity contribution >= 4 is 17.5 Å². The zero-order valence-corrected chi connectivity index (χ0v) is 12.6. The van der Waals surface area contributed by atoms with E-state index in [4.69, 9.17) is 16.3 Å². The zero-order valence-electron chi connectivity index (χ0n) is 11.8. The third kappa shape index (κ3) is 4.77. The molecule has 0 bridgehead atoms. The van der Waals surface area contributed by atoms with Gasteiger partial charge >= 0.3 is 0 Å². The molecule has 0 aromatic carbocycles. The lowest BCUT2D eigenvalue weighted by atomic mass is 9.68. The maximum Gasteiger partial charge on any atom is 0.223 e. The Morgan fingerprint density at radius 3 is 2.83 bits per heavy atom. The van der Waals surface area contributed by atoms with Crippen molar-refractivity contribution in [2.45, 2.75) is 51.3 Å². The van der Waals surface area contributed by atoms with Crippen LogP contribution in [-0.4, -0.2) is 31.5 Å². The normalized spacial score (nSPS) is 24.6. The first kappa shape index (κ1) is 15.8. The van der Waals surface area contributed by atoms with Crippen LogP contribution in [0.15, 0.2) is 0 Å². The number of ether oxygens (including phenoxy) is 1. The second-order valence-corrected chi connectivity index (χ2v) is 6.54.